The fourth-order valence-corrected chi connectivity index (χ4v) is 4.67. The van der Waals surface area contributed by atoms with E-state index in [1.54, 1.807) is 12.1 Å². The van der Waals surface area contributed by atoms with E-state index in [9.17, 15) is 14.4 Å². The van der Waals surface area contributed by atoms with Gasteiger partial charge in [0.1, 0.15) is 18.3 Å². The lowest BCUT2D eigenvalue weighted by atomic mass is 9.86. The summed E-state index contributed by atoms with van der Waals surface area (Å²) < 4.78 is 0. The molecule has 2 atom stereocenters. The number of anilines is 1. The Hall–Kier alpha value is -4.39. The topological polar surface area (TPSA) is 108 Å². The van der Waals surface area contributed by atoms with Gasteiger partial charge in [0.2, 0.25) is 5.91 Å². The van der Waals surface area contributed by atoms with Crippen LogP contribution in [0.25, 0.3) is 10.9 Å². The molecule has 3 aromatic carbocycles. The third-order valence-corrected chi connectivity index (χ3v) is 6.26. The van der Waals surface area contributed by atoms with Gasteiger partial charge in [-0.2, -0.15) is 0 Å². The van der Waals surface area contributed by atoms with Crippen LogP contribution in [0.2, 0.25) is 0 Å². The molecule has 0 bridgehead atoms. The number of aromatic nitrogens is 1. The Morgan fingerprint density at radius 2 is 1.68 bits per heavy atom. The molecule has 0 unspecified atom stereocenters. The number of amides is 3. The molecule has 1 aliphatic rings. The lowest BCUT2D eigenvalue weighted by Crippen LogP contribution is -2.52. The minimum Gasteiger partial charge on any atom is -0.368 e. The molecule has 7 heteroatoms. The summed E-state index contributed by atoms with van der Waals surface area (Å²) in [5, 5.41) is 3.86. The van der Waals surface area contributed by atoms with E-state index in [2.05, 4.69) is 10.3 Å². The number of nitrogens with two attached hydrogens (primary N) is 1. The summed E-state index contributed by atoms with van der Waals surface area (Å²) in [6, 6.07) is 25.6. The number of nitrogens with zero attached hydrogens (tertiary/aromatic N) is 1. The first-order valence-corrected chi connectivity index (χ1v) is 11.1. The van der Waals surface area contributed by atoms with Gasteiger partial charge in [-0.15, -0.1) is 0 Å². The molecule has 5 rings (SSSR count). The van der Waals surface area contributed by atoms with Gasteiger partial charge in [0.25, 0.3) is 11.8 Å². The van der Waals surface area contributed by atoms with Crippen LogP contribution >= 0.6 is 0 Å². The van der Waals surface area contributed by atoms with Crippen LogP contribution in [0.1, 0.15) is 27.5 Å². The van der Waals surface area contributed by atoms with Gasteiger partial charge >= 0.3 is 0 Å². The molecule has 0 saturated carbocycles. The van der Waals surface area contributed by atoms with Crippen LogP contribution in [0.4, 0.5) is 5.69 Å². The molecule has 0 radical (unpaired) electrons. The van der Waals surface area contributed by atoms with Gasteiger partial charge in [-0.3, -0.25) is 14.4 Å². The second kappa shape index (κ2) is 8.86. The van der Waals surface area contributed by atoms with Crippen LogP contribution in [-0.4, -0.2) is 35.3 Å². The van der Waals surface area contributed by atoms with Crippen molar-refractivity contribution >= 4 is 34.3 Å². The molecule has 0 spiro atoms. The molecule has 7 nitrogen and oxygen atoms in total. The van der Waals surface area contributed by atoms with Crippen molar-refractivity contribution in [1.29, 1.82) is 0 Å². The van der Waals surface area contributed by atoms with Gasteiger partial charge in [-0.05, 0) is 35.7 Å². The number of primary amides is 1. The van der Waals surface area contributed by atoms with E-state index in [-0.39, 0.29) is 24.3 Å². The molecule has 2 heterocycles. The third-order valence-electron chi connectivity index (χ3n) is 6.26. The van der Waals surface area contributed by atoms with Crippen LogP contribution in [0.5, 0.6) is 0 Å². The van der Waals surface area contributed by atoms with E-state index >= 15 is 0 Å². The van der Waals surface area contributed by atoms with Gasteiger partial charge in [-0.25, -0.2) is 0 Å². The van der Waals surface area contributed by atoms with Crippen molar-refractivity contribution in [3.63, 3.8) is 0 Å². The number of nitrogens with one attached hydrogen (secondary N) is 2. The van der Waals surface area contributed by atoms with Crippen molar-refractivity contribution in [2.24, 2.45) is 5.73 Å². The Kier molecular flexibility index (Phi) is 5.59. The average molecular weight is 453 g/mol. The highest BCUT2D eigenvalue weighted by molar-refractivity contribution is 6.06. The Bertz CT molecular complexity index is 1350. The smallest absolute Gasteiger partial charge is 0.268 e. The van der Waals surface area contributed by atoms with Crippen LogP contribution in [0.3, 0.4) is 0 Å². The zero-order valence-corrected chi connectivity index (χ0v) is 18.4. The van der Waals surface area contributed by atoms with Crippen LogP contribution in [0, 0.1) is 0 Å². The molecule has 0 fully saturated rings. The molecule has 0 aliphatic carbocycles. The maximum Gasteiger partial charge on any atom is 0.268 e. The highest BCUT2D eigenvalue weighted by Crippen LogP contribution is 2.35. The predicted octanol–water partition coefficient (Wildman–Crippen LogP) is 3.12. The van der Waals surface area contributed by atoms with Gasteiger partial charge in [-0.1, -0.05) is 66.7 Å². The SMILES string of the molecule is NC(=O)CN1C(=O)[C@H](NC(=O)c2cc3ccccc3[nH]2)[C@H](c2ccccc2)Cc2ccccc21. The van der Waals surface area contributed by atoms with Crippen molar-refractivity contribution in [1.82, 2.24) is 10.3 Å². The molecule has 4 N–H and O–H groups in total. The molecule has 1 aromatic heterocycles. The highest BCUT2D eigenvalue weighted by atomic mass is 16.2. The normalized spacial score (nSPS) is 17.8. The summed E-state index contributed by atoms with van der Waals surface area (Å²) in [6.45, 7) is -0.268. The zero-order chi connectivity index (χ0) is 23.7. The van der Waals surface area contributed by atoms with Gasteiger partial charge in [0.05, 0.1) is 0 Å². The maximum atomic E-state index is 13.9. The Labute approximate surface area is 196 Å². The number of fused-ring (bicyclic) bond motifs is 2. The molecular weight excluding hydrogens is 428 g/mol. The first kappa shape index (κ1) is 21.5. The number of carbonyl (C=O) groups is 3. The van der Waals surface area contributed by atoms with E-state index < -0.39 is 11.9 Å². The standard InChI is InChI=1S/C27H24N4O3/c28-24(32)16-31-23-13-7-5-11-19(23)14-20(17-8-2-1-3-9-17)25(27(31)34)30-26(33)22-15-18-10-4-6-12-21(18)29-22/h1-13,15,20,25,29H,14,16H2,(H2,28,32)(H,30,33)/t20-,25+/m0/s1. The fourth-order valence-electron chi connectivity index (χ4n) is 4.67. The average Bonchev–Trinajstić information content (AvgIpc) is 3.25. The number of carbonyl (C=O) groups excluding carboxylic acids is 3. The minimum atomic E-state index is -0.895. The van der Waals surface area contributed by atoms with Gasteiger partial charge in [0, 0.05) is 22.5 Å². The Balaban J connectivity index is 1.57. The molecule has 4 aromatic rings. The van der Waals surface area contributed by atoms with Gasteiger partial charge in [0.15, 0.2) is 0 Å². The number of hydrogen-bond donors (Lipinski definition) is 3. The van der Waals surface area contributed by atoms with E-state index in [4.69, 9.17) is 5.73 Å². The van der Waals surface area contributed by atoms with E-state index in [1.807, 2.05) is 72.8 Å². The zero-order valence-electron chi connectivity index (χ0n) is 18.4. The maximum absolute atomic E-state index is 13.9. The number of para-hydroxylation sites is 2. The minimum absolute atomic E-state index is 0.268. The lowest BCUT2D eigenvalue weighted by molar-refractivity contribution is -0.123. The first-order chi connectivity index (χ1) is 16.5. The van der Waals surface area contributed by atoms with Crippen LogP contribution in [-0.2, 0) is 16.0 Å². The summed E-state index contributed by atoms with van der Waals surface area (Å²) in [7, 11) is 0. The monoisotopic (exact) mass is 452 g/mol. The van der Waals surface area contributed by atoms with E-state index in [1.165, 1.54) is 4.90 Å². The predicted molar refractivity (Wildman–Crippen MR) is 130 cm³/mol. The van der Waals surface area contributed by atoms with Crippen molar-refractivity contribution < 1.29 is 14.4 Å². The lowest BCUT2D eigenvalue weighted by Gasteiger charge is -2.28. The van der Waals surface area contributed by atoms with Crippen molar-refractivity contribution in [2.75, 3.05) is 11.4 Å². The first-order valence-electron chi connectivity index (χ1n) is 11.1. The molecule has 1 aliphatic heterocycles. The number of H-pyrrole nitrogens is 1. The number of hydrogen-bond acceptors (Lipinski definition) is 3. The number of rotatable bonds is 5. The van der Waals surface area contributed by atoms with Crippen molar-refractivity contribution in [2.45, 2.75) is 18.4 Å². The highest BCUT2D eigenvalue weighted by Gasteiger charge is 2.39. The number of benzene rings is 3. The molecule has 34 heavy (non-hydrogen) atoms. The summed E-state index contributed by atoms with van der Waals surface area (Å²) in [4.78, 5) is 43.6. The molecular formula is C27H24N4O3. The van der Waals surface area contributed by atoms with Crippen molar-refractivity contribution in [3.05, 3.63) is 102 Å². The molecule has 3 amide bonds. The summed E-state index contributed by atoms with van der Waals surface area (Å²) >= 11 is 0. The Morgan fingerprint density at radius 3 is 2.44 bits per heavy atom. The largest absolute Gasteiger partial charge is 0.368 e. The molecule has 0 saturated heterocycles. The van der Waals surface area contributed by atoms with E-state index in [0.29, 0.717) is 17.8 Å². The quantitative estimate of drug-likeness (QED) is 0.433. The Morgan fingerprint density at radius 1 is 0.971 bits per heavy atom. The van der Waals surface area contributed by atoms with Crippen LogP contribution in [0.15, 0.2) is 84.9 Å². The fraction of sp³-hybridized carbons (Fsp3) is 0.148. The third kappa shape index (κ3) is 4.03. The van der Waals surface area contributed by atoms with Gasteiger partial charge < -0.3 is 20.9 Å². The number of aromatic amines is 1. The van der Waals surface area contributed by atoms with Crippen LogP contribution < -0.4 is 16.0 Å². The van der Waals surface area contributed by atoms with Crippen molar-refractivity contribution in [3.8, 4) is 0 Å². The second-order valence-corrected chi connectivity index (χ2v) is 8.46. The summed E-state index contributed by atoms with van der Waals surface area (Å²) in [5.41, 5.74) is 9.16. The molecule has 170 valence electrons. The summed E-state index contributed by atoms with van der Waals surface area (Å²) in [6.07, 6.45) is 0.513. The summed E-state index contributed by atoms with van der Waals surface area (Å²) in [5.74, 6) is -1.72. The second-order valence-electron chi connectivity index (χ2n) is 8.46. The van der Waals surface area contributed by atoms with E-state index in [0.717, 1.165) is 22.0 Å².